The normalized spacial score (nSPS) is 10.4. The lowest BCUT2D eigenvalue weighted by molar-refractivity contribution is 0.100. The van der Waals surface area contributed by atoms with Gasteiger partial charge >= 0.3 is 6.03 Å². The minimum Gasteiger partial charge on any atom is -0.365 e. The van der Waals surface area contributed by atoms with Crippen LogP contribution in [0.4, 0.5) is 9.80 Å². The Labute approximate surface area is 134 Å². The van der Waals surface area contributed by atoms with Crippen LogP contribution < -0.4 is 16.8 Å². The van der Waals surface area contributed by atoms with Crippen LogP contribution in [0.25, 0.3) is 10.4 Å². The predicted molar refractivity (Wildman–Crippen MR) is 86.2 cm³/mol. The standard InChI is InChI=1S/C13H11Cl2N3O2S/c1-5-9(11(16)19)12(18-13(17)20)21-10(5)6-2-3-7(14)8(15)4-6/h2-4H,1H3,(H2,16,19)(H3,17,18,20). The van der Waals surface area contributed by atoms with Gasteiger partial charge in [0.1, 0.15) is 5.00 Å². The molecule has 0 radical (unpaired) electrons. The van der Waals surface area contributed by atoms with Crippen molar-refractivity contribution >= 4 is 51.5 Å². The number of nitrogens with one attached hydrogen (secondary N) is 1. The Balaban J connectivity index is 2.61. The number of benzene rings is 1. The highest BCUT2D eigenvalue weighted by Gasteiger charge is 2.21. The number of carbonyl (C=O) groups is 2. The molecule has 5 N–H and O–H groups in total. The van der Waals surface area contributed by atoms with Crippen LogP contribution in [-0.2, 0) is 0 Å². The van der Waals surface area contributed by atoms with E-state index >= 15 is 0 Å². The van der Waals surface area contributed by atoms with Gasteiger partial charge in [0.2, 0.25) is 0 Å². The monoisotopic (exact) mass is 343 g/mol. The molecule has 0 spiro atoms. The van der Waals surface area contributed by atoms with Gasteiger partial charge in [-0.2, -0.15) is 0 Å². The van der Waals surface area contributed by atoms with Crippen LogP contribution in [0.1, 0.15) is 15.9 Å². The van der Waals surface area contributed by atoms with Gasteiger partial charge in [-0.1, -0.05) is 29.3 Å². The number of amides is 3. The molecule has 21 heavy (non-hydrogen) atoms. The van der Waals surface area contributed by atoms with Crippen molar-refractivity contribution in [2.75, 3.05) is 5.32 Å². The van der Waals surface area contributed by atoms with Crippen LogP contribution in [0, 0.1) is 6.92 Å². The zero-order valence-electron chi connectivity index (χ0n) is 10.9. The van der Waals surface area contributed by atoms with Crippen molar-refractivity contribution in [1.29, 1.82) is 0 Å². The van der Waals surface area contributed by atoms with E-state index in [1.807, 2.05) is 0 Å². The predicted octanol–water partition coefficient (Wildman–Crippen LogP) is 3.62. The van der Waals surface area contributed by atoms with Crippen LogP contribution in [0.2, 0.25) is 10.0 Å². The van der Waals surface area contributed by atoms with Gasteiger partial charge in [-0.25, -0.2) is 4.79 Å². The van der Waals surface area contributed by atoms with Crippen LogP contribution in [0.3, 0.4) is 0 Å². The van der Waals surface area contributed by atoms with E-state index in [1.54, 1.807) is 25.1 Å². The van der Waals surface area contributed by atoms with Crippen LogP contribution >= 0.6 is 34.5 Å². The molecule has 0 saturated heterocycles. The first-order chi connectivity index (χ1) is 9.81. The summed E-state index contributed by atoms with van der Waals surface area (Å²) in [6.45, 7) is 1.74. The third-order valence-corrected chi connectivity index (χ3v) is 4.81. The Hall–Kier alpha value is -1.76. The number of rotatable bonds is 3. The molecule has 110 valence electrons. The Bertz CT molecular complexity index is 743. The fourth-order valence-electron chi connectivity index (χ4n) is 1.92. The van der Waals surface area contributed by atoms with Gasteiger partial charge in [0.05, 0.1) is 15.6 Å². The molecular formula is C13H11Cl2N3O2S. The Morgan fingerprint density at radius 1 is 1.19 bits per heavy atom. The molecule has 1 heterocycles. The third-order valence-electron chi connectivity index (χ3n) is 2.81. The van der Waals surface area contributed by atoms with Gasteiger partial charge in [-0.05, 0) is 30.2 Å². The first-order valence-electron chi connectivity index (χ1n) is 5.76. The summed E-state index contributed by atoms with van der Waals surface area (Å²) in [6, 6.07) is 4.34. The second-order valence-corrected chi connectivity index (χ2v) is 6.08. The first kappa shape index (κ1) is 15.6. The van der Waals surface area contributed by atoms with Gasteiger partial charge in [0.15, 0.2) is 0 Å². The molecule has 0 aliphatic rings. The SMILES string of the molecule is Cc1c(-c2ccc(Cl)c(Cl)c2)sc(NC(N)=O)c1C(N)=O. The second-order valence-electron chi connectivity index (χ2n) is 4.24. The van der Waals surface area contributed by atoms with E-state index < -0.39 is 11.9 Å². The average Bonchev–Trinajstić information content (AvgIpc) is 2.69. The van der Waals surface area contributed by atoms with Crippen molar-refractivity contribution in [3.05, 3.63) is 39.4 Å². The minimum atomic E-state index is -0.764. The number of carbonyl (C=O) groups excluding carboxylic acids is 2. The number of primary amides is 2. The molecule has 0 fully saturated rings. The quantitative estimate of drug-likeness (QED) is 0.792. The third kappa shape index (κ3) is 3.12. The highest BCUT2D eigenvalue weighted by atomic mass is 35.5. The maximum absolute atomic E-state index is 11.6. The molecule has 0 aliphatic carbocycles. The van der Waals surface area contributed by atoms with Crippen molar-refractivity contribution < 1.29 is 9.59 Å². The maximum Gasteiger partial charge on any atom is 0.317 e. The Morgan fingerprint density at radius 3 is 2.38 bits per heavy atom. The average molecular weight is 344 g/mol. The molecule has 5 nitrogen and oxygen atoms in total. The summed E-state index contributed by atoms with van der Waals surface area (Å²) in [4.78, 5) is 23.4. The zero-order chi connectivity index (χ0) is 15.7. The van der Waals surface area contributed by atoms with E-state index in [1.165, 1.54) is 11.3 Å². The molecule has 0 aliphatic heterocycles. The molecule has 3 amide bonds. The highest BCUT2D eigenvalue weighted by Crippen LogP contribution is 2.41. The number of thiophene rings is 1. The largest absolute Gasteiger partial charge is 0.365 e. The lowest BCUT2D eigenvalue weighted by Gasteiger charge is -2.02. The van der Waals surface area contributed by atoms with Gasteiger partial charge in [0, 0.05) is 4.88 Å². The number of urea groups is 1. The summed E-state index contributed by atoms with van der Waals surface area (Å²) in [5.74, 6) is -0.640. The topological polar surface area (TPSA) is 98.2 Å². The summed E-state index contributed by atoms with van der Waals surface area (Å²) in [5.41, 5.74) is 12.1. The van der Waals surface area contributed by atoms with E-state index in [-0.39, 0.29) is 5.56 Å². The highest BCUT2D eigenvalue weighted by molar-refractivity contribution is 7.20. The number of nitrogens with two attached hydrogens (primary N) is 2. The fraction of sp³-hybridized carbons (Fsp3) is 0.0769. The summed E-state index contributed by atoms with van der Waals surface area (Å²) < 4.78 is 0. The summed E-state index contributed by atoms with van der Waals surface area (Å²) in [7, 11) is 0. The molecule has 1 aromatic heterocycles. The van der Waals surface area contributed by atoms with Crippen molar-refractivity contribution in [3.63, 3.8) is 0 Å². The molecule has 8 heteroatoms. The second kappa shape index (κ2) is 5.93. The number of hydrogen-bond acceptors (Lipinski definition) is 3. The van der Waals surface area contributed by atoms with Crippen molar-refractivity contribution in [2.45, 2.75) is 6.92 Å². The molecule has 0 unspecified atom stereocenters. The molecule has 2 rings (SSSR count). The lowest BCUT2D eigenvalue weighted by atomic mass is 10.1. The van der Waals surface area contributed by atoms with Gasteiger partial charge < -0.3 is 11.5 Å². The summed E-state index contributed by atoms with van der Waals surface area (Å²) in [6.07, 6.45) is 0. The smallest absolute Gasteiger partial charge is 0.317 e. The number of hydrogen-bond donors (Lipinski definition) is 3. The number of halogens is 2. The molecule has 0 atom stereocenters. The first-order valence-corrected chi connectivity index (χ1v) is 7.33. The van der Waals surface area contributed by atoms with Crippen molar-refractivity contribution in [2.24, 2.45) is 11.5 Å². The van der Waals surface area contributed by atoms with Gasteiger partial charge in [-0.15, -0.1) is 11.3 Å². The van der Waals surface area contributed by atoms with Gasteiger partial charge in [-0.3, -0.25) is 10.1 Å². The molecule has 0 bridgehead atoms. The van der Waals surface area contributed by atoms with E-state index in [0.717, 1.165) is 10.4 Å². The Kier molecular flexibility index (Phi) is 4.41. The fourth-order valence-corrected chi connectivity index (χ4v) is 3.43. The molecule has 1 aromatic carbocycles. The zero-order valence-corrected chi connectivity index (χ0v) is 13.2. The minimum absolute atomic E-state index is 0.236. The summed E-state index contributed by atoms with van der Waals surface area (Å²) >= 11 is 13.1. The van der Waals surface area contributed by atoms with E-state index in [9.17, 15) is 9.59 Å². The molecule has 0 saturated carbocycles. The van der Waals surface area contributed by atoms with Crippen molar-refractivity contribution in [1.82, 2.24) is 0 Å². The number of anilines is 1. The van der Waals surface area contributed by atoms with Crippen LogP contribution in [0.5, 0.6) is 0 Å². The van der Waals surface area contributed by atoms with E-state index in [4.69, 9.17) is 34.7 Å². The molecular weight excluding hydrogens is 333 g/mol. The van der Waals surface area contributed by atoms with E-state index in [0.29, 0.717) is 20.6 Å². The van der Waals surface area contributed by atoms with Crippen LogP contribution in [0.15, 0.2) is 18.2 Å². The molecule has 2 aromatic rings. The maximum atomic E-state index is 11.6. The Morgan fingerprint density at radius 2 is 1.86 bits per heavy atom. The lowest BCUT2D eigenvalue weighted by Crippen LogP contribution is -2.21. The van der Waals surface area contributed by atoms with Crippen LogP contribution in [-0.4, -0.2) is 11.9 Å². The van der Waals surface area contributed by atoms with E-state index in [2.05, 4.69) is 5.32 Å². The van der Waals surface area contributed by atoms with Gasteiger partial charge in [0.25, 0.3) is 5.91 Å². The summed E-state index contributed by atoms with van der Waals surface area (Å²) in [5, 5.41) is 3.55. The van der Waals surface area contributed by atoms with Crippen molar-refractivity contribution in [3.8, 4) is 10.4 Å².